The lowest BCUT2D eigenvalue weighted by Crippen LogP contribution is -2.37. The van der Waals surface area contributed by atoms with Crippen LogP contribution in [0.3, 0.4) is 0 Å². The molecule has 1 aromatic carbocycles. The summed E-state index contributed by atoms with van der Waals surface area (Å²) in [5, 5.41) is 9.65. The summed E-state index contributed by atoms with van der Waals surface area (Å²) in [6, 6.07) is 6.07. The second-order valence-electron chi connectivity index (χ2n) is 5.18. The number of β-amino-alcohol motifs (C(OH)–C–C–N with tert-alkyl or cyclic N) is 1. The highest BCUT2D eigenvalue weighted by Gasteiger charge is 2.19. The van der Waals surface area contributed by atoms with Gasteiger partial charge in [-0.05, 0) is 43.7 Å². The second-order valence-corrected chi connectivity index (χ2v) is 5.18. The van der Waals surface area contributed by atoms with E-state index in [4.69, 9.17) is 4.42 Å². The zero-order valence-electron chi connectivity index (χ0n) is 11.1. The molecule has 4 nitrogen and oxygen atoms in total. The normalized spacial score (nSPS) is 20.2. The highest BCUT2D eigenvalue weighted by molar-refractivity contribution is 5.52. The van der Waals surface area contributed by atoms with Gasteiger partial charge in [-0.1, -0.05) is 0 Å². The van der Waals surface area contributed by atoms with Crippen molar-refractivity contribution in [2.24, 2.45) is 0 Å². The third-order valence-corrected chi connectivity index (χ3v) is 3.51. The van der Waals surface area contributed by atoms with Crippen molar-refractivity contribution in [3.63, 3.8) is 0 Å². The van der Waals surface area contributed by atoms with Gasteiger partial charge in [-0.15, -0.1) is 0 Å². The van der Waals surface area contributed by atoms with Crippen molar-refractivity contribution < 1.29 is 13.9 Å². The number of aliphatic hydroxyl groups is 1. The van der Waals surface area contributed by atoms with Crippen LogP contribution >= 0.6 is 0 Å². The summed E-state index contributed by atoms with van der Waals surface area (Å²) in [6.45, 7) is 2.32. The summed E-state index contributed by atoms with van der Waals surface area (Å²) in [4.78, 5) is 6.58. The van der Waals surface area contributed by atoms with E-state index in [0.29, 0.717) is 19.0 Å². The van der Waals surface area contributed by atoms with Crippen molar-refractivity contribution in [3.05, 3.63) is 42.0 Å². The summed E-state index contributed by atoms with van der Waals surface area (Å²) in [6.07, 6.45) is 3.26. The van der Waals surface area contributed by atoms with E-state index in [1.165, 1.54) is 12.1 Å². The van der Waals surface area contributed by atoms with Gasteiger partial charge >= 0.3 is 0 Å². The lowest BCUT2D eigenvalue weighted by Gasteiger charge is -2.29. The number of aliphatic hydroxyl groups excluding tert-OH is 1. The number of hydrogen-bond acceptors (Lipinski definition) is 4. The quantitative estimate of drug-likeness (QED) is 0.935. The summed E-state index contributed by atoms with van der Waals surface area (Å²) in [7, 11) is 0. The lowest BCUT2D eigenvalue weighted by atomic mass is 10.1. The van der Waals surface area contributed by atoms with Gasteiger partial charge in [0.1, 0.15) is 12.1 Å². The zero-order chi connectivity index (χ0) is 13.9. The minimum Gasteiger partial charge on any atom is -0.444 e. The van der Waals surface area contributed by atoms with Gasteiger partial charge in [0.25, 0.3) is 0 Å². The number of halogens is 1. The van der Waals surface area contributed by atoms with Gasteiger partial charge in [0.05, 0.1) is 11.8 Å². The van der Waals surface area contributed by atoms with Crippen molar-refractivity contribution in [3.8, 4) is 11.5 Å². The molecule has 1 saturated heterocycles. The Hall–Kier alpha value is -1.72. The fraction of sp³-hybridized carbons (Fsp3) is 0.400. The molecule has 20 heavy (non-hydrogen) atoms. The van der Waals surface area contributed by atoms with Gasteiger partial charge in [0.2, 0.25) is 5.89 Å². The molecule has 3 rings (SSSR count). The molecule has 2 heterocycles. The Morgan fingerprint density at radius 1 is 1.35 bits per heavy atom. The maximum Gasteiger partial charge on any atom is 0.226 e. The number of rotatable bonds is 3. The van der Waals surface area contributed by atoms with Gasteiger partial charge in [-0.2, -0.15) is 0 Å². The molecule has 0 aliphatic carbocycles. The molecule has 0 bridgehead atoms. The largest absolute Gasteiger partial charge is 0.444 e. The molecule has 0 radical (unpaired) electrons. The van der Waals surface area contributed by atoms with Crippen molar-refractivity contribution >= 4 is 0 Å². The summed E-state index contributed by atoms with van der Waals surface area (Å²) >= 11 is 0. The standard InChI is InChI=1S/C15H17FN2O2/c16-12-5-3-11(4-6-12)15-17-13(10-20-15)8-18-7-1-2-14(19)9-18/h3-6,10,14,19H,1-2,7-9H2. The van der Waals surface area contributed by atoms with Crippen LogP contribution in [0.4, 0.5) is 4.39 Å². The van der Waals surface area contributed by atoms with Crippen molar-refractivity contribution in [1.82, 2.24) is 9.88 Å². The van der Waals surface area contributed by atoms with Crippen LogP contribution in [0.1, 0.15) is 18.5 Å². The maximum atomic E-state index is 12.9. The monoisotopic (exact) mass is 276 g/mol. The number of benzene rings is 1. The van der Waals surface area contributed by atoms with E-state index in [1.54, 1.807) is 18.4 Å². The first-order valence-electron chi connectivity index (χ1n) is 6.81. The van der Waals surface area contributed by atoms with Crippen LogP contribution in [0.2, 0.25) is 0 Å². The predicted molar refractivity (Wildman–Crippen MR) is 72.4 cm³/mol. The highest BCUT2D eigenvalue weighted by atomic mass is 19.1. The van der Waals surface area contributed by atoms with Crippen LogP contribution in [-0.4, -0.2) is 34.2 Å². The first kappa shape index (κ1) is 13.3. The topological polar surface area (TPSA) is 49.5 Å². The molecule has 0 amide bonds. The van der Waals surface area contributed by atoms with E-state index in [1.807, 2.05) is 0 Å². The molecular formula is C15H17FN2O2. The number of hydrogen-bond donors (Lipinski definition) is 1. The number of aromatic nitrogens is 1. The molecule has 0 saturated carbocycles. The molecule has 2 aromatic rings. The van der Waals surface area contributed by atoms with E-state index < -0.39 is 0 Å². The molecule has 0 spiro atoms. The fourth-order valence-electron chi connectivity index (χ4n) is 2.51. The molecule has 1 fully saturated rings. The van der Waals surface area contributed by atoms with Crippen LogP contribution in [0.15, 0.2) is 34.9 Å². The van der Waals surface area contributed by atoms with Crippen LogP contribution in [0, 0.1) is 5.82 Å². The average molecular weight is 276 g/mol. The number of nitrogens with zero attached hydrogens (tertiary/aromatic N) is 2. The van der Waals surface area contributed by atoms with Crippen molar-refractivity contribution in [2.45, 2.75) is 25.5 Å². The first-order chi connectivity index (χ1) is 9.70. The van der Waals surface area contributed by atoms with E-state index in [9.17, 15) is 9.50 Å². The van der Waals surface area contributed by atoms with E-state index in [0.717, 1.165) is 30.6 Å². The lowest BCUT2D eigenvalue weighted by molar-refractivity contribution is 0.0662. The molecular weight excluding hydrogens is 259 g/mol. The van der Waals surface area contributed by atoms with Crippen molar-refractivity contribution in [2.75, 3.05) is 13.1 Å². The SMILES string of the molecule is OC1CCCN(Cc2coc(-c3ccc(F)cc3)n2)C1. The van der Waals surface area contributed by atoms with Gasteiger partial charge < -0.3 is 9.52 Å². The summed E-state index contributed by atoms with van der Waals surface area (Å²) in [5.41, 5.74) is 1.59. The Bertz CT molecular complexity index is 568. The van der Waals surface area contributed by atoms with Crippen LogP contribution < -0.4 is 0 Å². The van der Waals surface area contributed by atoms with Gasteiger partial charge in [0, 0.05) is 18.7 Å². The van der Waals surface area contributed by atoms with Gasteiger partial charge in [0.15, 0.2) is 0 Å². The van der Waals surface area contributed by atoms with Crippen molar-refractivity contribution in [1.29, 1.82) is 0 Å². The summed E-state index contributed by atoms with van der Waals surface area (Å²) < 4.78 is 18.3. The van der Waals surface area contributed by atoms with Crippen LogP contribution in [-0.2, 0) is 6.54 Å². The molecule has 1 aliphatic rings. The molecule has 1 unspecified atom stereocenters. The molecule has 1 aromatic heterocycles. The van der Waals surface area contributed by atoms with Crippen LogP contribution in [0.5, 0.6) is 0 Å². The van der Waals surface area contributed by atoms with E-state index in [2.05, 4.69) is 9.88 Å². The molecule has 1 atom stereocenters. The fourth-order valence-corrected chi connectivity index (χ4v) is 2.51. The summed E-state index contributed by atoms with van der Waals surface area (Å²) in [5.74, 6) is 0.223. The molecule has 106 valence electrons. The Morgan fingerprint density at radius 2 is 2.15 bits per heavy atom. The van der Waals surface area contributed by atoms with E-state index in [-0.39, 0.29) is 11.9 Å². The van der Waals surface area contributed by atoms with Gasteiger partial charge in [-0.3, -0.25) is 4.90 Å². The minimum absolute atomic E-state index is 0.243. The third-order valence-electron chi connectivity index (χ3n) is 3.51. The number of oxazole rings is 1. The maximum absolute atomic E-state index is 12.9. The van der Waals surface area contributed by atoms with E-state index >= 15 is 0 Å². The zero-order valence-corrected chi connectivity index (χ0v) is 11.1. The molecule has 5 heteroatoms. The Morgan fingerprint density at radius 3 is 2.90 bits per heavy atom. The molecule has 1 N–H and O–H groups in total. The third kappa shape index (κ3) is 3.05. The number of piperidine rings is 1. The Balaban J connectivity index is 1.69. The Kier molecular flexibility index (Phi) is 3.80. The van der Waals surface area contributed by atoms with Gasteiger partial charge in [-0.25, -0.2) is 9.37 Å². The number of likely N-dealkylation sites (tertiary alicyclic amines) is 1. The predicted octanol–water partition coefficient (Wildman–Crippen LogP) is 2.44. The molecule has 1 aliphatic heterocycles. The second kappa shape index (κ2) is 5.73. The Labute approximate surface area is 116 Å². The first-order valence-corrected chi connectivity index (χ1v) is 6.81. The smallest absolute Gasteiger partial charge is 0.226 e. The van der Waals surface area contributed by atoms with Crippen LogP contribution in [0.25, 0.3) is 11.5 Å². The average Bonchev–Trinajstić information content (AvgIpc) is 2.88. The highest BCUT2D eigenvalue weighted by Crippen LogP contribution is 2.20. The minimum atomic E-state index is -0.275.